The van der Waals surface area contributed by atoms with Gasteiger partial charge in [-0.1, -0.05) is 60.1 Å². The van der Waals surface area contributed by atoms with Gasteiger partial charge >= 0.3 is 35.7 Å². The van der Waals surface area contributed by atoms with E-state index in [0.717, 1.165) is 16.8 Å². The largest absolute Gasteiger partial charge is 1.00 e. The summed E-state index contributed by atoms with van der Waals surface area (Å²) in [5.41, 5.74) is -0.861. The number of carbonyl (C=O) groups is 2. The third-order valence-electron chi connectivity index (χ3n) is 4.71. The summed E-state index contributed by atoms with van der Waals surface area (Å²) in [4.78, 5) is 24.1. The van der Waals surface area contributed by atoms with Gasteiger partial charge in [-0.2, -0.15) is 23.0 Å². The summed E-state index contributed by atoms with van der Waals surface area (Å²) >= 11 is 5.98. The Labute approximate surface area is 206 Å². The fourth-order valence-electron chi connectivity index (χ4n) is 3.28. The van der Waals surface area contributed by atoms with E-state index in [1.165, 1.54) is 30.3 Å². The molecule has 0 N–H and O–H groups in total. The molecule has 3 aromatic carbocycles. The van der Waals surface area contributed by atoms with Crippen LogP contribution in [0.4, 0.5) is 13.2 Å². The van der Waals surface area contributed by atoms with Crippen molar-refractivity contribution in [3.63, 3.8) is 0 Å². The maximum Gasteiger partial charge on any atom is 1.00 e. The molecular weight excluding hydrogens is 456 g/mol. The second kappa shape index (κ2) is 9.07. The fraction of sp³-hybridized carbons (Fsp3) is 0.0455. The van der Waals surface area contributed by atoms with Crippen LogP contribution in [0.1, 0.15) is 26.3 Å². The second-order valence-corrected chi connectivity index (χ2v) is 7.01. The Morgan fingerprint density at radius 1 is 0.938 bits per heavy atom. The quantitative estimate of drug-likeness (QED) is 0.428. The number of carboxylic acid groups (broad SMARTS) is 1. The molecule has 0 atom stereocenters. The van der Waals surface area contributed by atoms with Gasteiger partial charge < -0.3 is 9.90 Å². The SMILES string of the molecule is O=C([O-])c1ccc(-c2nn(C(=O)c3c(Cl)cccc3C(F)(F)F)c3ccccc23)cc1.[Na+]. The fourth-order valence-corrected chi connectivity index (χ4v) is 3.54. The molecule has 0 unspecified atom stereocenters. The molecule has 4 rings (SSSR count). The van der Waals surface area contributed by atoms with Gasteiger partial charge in [0.25, 0.3) is 5.91 Å². The maximum absolute atomic E-state index is 13.5. The Bertz CT molecular complexity index is 1330. The first-order valence-corrected chi connectivity index (χ1v) is 9.26. The Kier molecular flexibility index (Phi) is 6.80. The van der Waals surface area contributed by atoms with Crippen molar-refractivity contribution >= 4 is 34.4 Å². The van der Waals surface area contributed by atoms with Crippen LogP contribution in [0.25, 0.3) is 22.2 Å². The molecule has 1 heterocycles. The Morgan fingerprint density at radius 2 is 1.59 bits per heavy atom. The first kappa shape index (κ1) is 24.0. The predicted molar refractivity (Wildman–Crippen MR) is 106 cm³/mol. The van der Waals surface area contributed by atoms with Crippen molar-refractivity contribution in [3.8, 4) is 11.3 Å². The molecule has 0 aliphatic heterocycles. The number of aromatic carboxylic acids is 1. The van der Waals surface area contributed by atoms with Crippen molar-refractivity contribution < 1.29 is 57.4 Å². The number of hydrogen-bond donors (Lipinski definition) is 0. The van der Waals surface area contributed by atoms with Gasteiger partial charge in [-0.15, -0.1) is 0 Å². The van der Waals surface area contributed by atoms with E-state index in [9.17, 15) is 27.9 Å². The number of alkyl halides is 3. The van der Waals surface area contributed by atoms with Crippen LogP contribution in [0.3, 0.4) is 0 Å². The number of carbonyl (C=O) groups excluding carboxylic acids is 2. The third kappa shape index (κ3) is 4.31. The van der Waals surface area contributed by atoms with E-state index in [-0.39, 0.29) is 45.7 Å². The molecule has 0 saturated heterocycles. The molecule has 0 saturated carbocycles. The molecule has 156 valence electrons. The smallest absolute Gasteiger partial charge is 0.545 e. The van der Waals surface area contributed by atoms with Crippen LogP contribution < -0.4 is 34.7 Å². The van der Waals surface area contributed by atoms with Gasteiger partial charge in [-0.05, 0) is 23.8 Å². The summed E-state index contributed by atoms with van der Waals surface area (Å²) in [5, 5.41) is 15.4. The van der Waals surface area contributed by atoms with Gasteiger partial charge in [-0.25, -0.2) is 0 Å². The van der Waals surface area contributed by atoms with E-state index < -0.39 is 29.2 Å². The number of carboxylic acids is 1. The van der Waals surface area contributed by atoms with Gasteiger partial charge in [0, 0.05) is 10.9 Å². The standard InChI is InChI=1S/C22H12ClF3N2O3.Na/c23-16-6-3-5-15(22(24,25)26)18(16)20(29)28-17-7-2-1-4-14(17)19(27-28)12-8-10-13(11-9-12)21(30)31;/h1-11H,(H,30,31);/q;+1/p-1. The number of aromatic nitrogens is 2. The predicted octanol–water partition coefficient (Wildman–Crippen LogP) is 1.43. The molecule has 32 heavy (non-hydrogen) atoms. The summed E-state index contributed by atoms with van der Waals surface area (Å²) in [6.45, 7) is 0. The van der Waals surface area contributed by atoms with Crippen molar-refractivity contribution in [1.82, 2.24) is 9.78 Å². The topological polar surface area (TPSA) is 75.0 Å². The minimum atomic E-state index is -4.79. The first-order valence-electron chi connectivity index (χ1n) is 8.88. The molecule has 1 aromatic heterocycles. The Morgan fingerprint density at radius 3 is 2.22 bits per heavy atom. The van der Waals surface area contributed by atoms with Gasteiger partial charge in [-0.3, -0.25) is 4.79 Å². The minimum absolute atomic E-state index is 0. The van der Waals surface area contributed by atoms with Gasteiger partial charge in [0.1, 0.15) is 5.69 Å². The molecule has 0 fully saturated rings. The van der Waals surface area contributed by atoms with Crippen LogP contribution in [0.2, 0.25) is 5.02 Å². The van der Waals surface area contributed by atoms with Crippen molar-refractivity contribution in [1.29, 1.82) is 0 Å². The molecule has 0 amide bonds. The van der Waals surface area contributed by atoms with E-state index in [2.05, 4.69) is 5.10 Å². The molecule has 0 spiro atoms. The minimum Gasteiger partial charge on any atom is -0.545 e. The number of benzene rings is 3. The molecule has 0 radical (unpaired) electrons. The van der Waals surface area contributed by atoms with Crippen LogP contribution in [0.5, 0.6) is 0 Å². The average molecular weight is 467 g/mol. The second-order valence-electron chi connectivity index (χ2n) is 6.61. The number of para-hydroxylation sites is 1. The summed E-state index contributed by atoms with van der Waals surface area (Å²) in [7, 11) is 0. The zero-order valence-corrected chi connectivity index (χ0v) is 19.2. The summed E-state index contributed by atoms with van der Waals surface area (Å²) < 4.78 is 41.4. The molecule has 0 bridgehead atoms. The van der Waals surface area contributed by atoms with Crippen LogP contribution in [-0.2, 0) is 6.18 Å². The van der Waals surface area contributed by atoms with E-state index in [0.29, 0.717) is 16.6 Å². The van der Waals surface area contributed by atoms with E-state index in [4.69, 9.17) is 11.6 Å². The molecule has 5 nitrogen and oxygen atoms in total. The van der Waals surface area contributed by atoms with Crippen molar-refractivity contribution in [2.45, 2.75) is 6.18 Å². The number of rotatable bonds is 3. The Balaban J connectivity index is 0.00000289. The normalized spacial score (nSPS) is 11.2. The molecular formula is C22H11ClF3N2NaO3. The van der Waals surface area contributed by atoms with Gasteiger partial charge in [0.15, 0.2) is 0 Å². The van der Waals surface area contributed by atoms with Crippen molar-refractivity contribution in [3.05, 3.63) is 88.4 Å². The average Bonchev–Trinajstić information content (AvgIpc) is 3.12. The number of nitrogens with zero attached hydrogens (tertiary/aromatic N) is 2. The van der Waals surface area contributed by atoms with E-state index in [1.54, 1.807) is 24.3 Å². The zero-order chi connectivity index (χ0) is 22.3. The van der Waals surface area contributed by atoms with Gasteiger partial charge in [0.2, 0.25) is 0 Å². The summed E-state index contributed by atoms with van der Waals surface area (Å²) in [5.74, 6) is -2.39. The van der Waals surface area contributed by atoms with E-state index >= 15 is 0 Å². The molecule has 10 heteroatoms. The molecule has 0 aliphatic carbocycles. The molecule has 4 aromatic rings. The summed E-state index contributed by atoms with van der Waals surface area (Å²) in [6, 6.07) is 15.2. The summed E-state index contributed by atoms with van der Waals surface area (Å²) in [6.07, 6.45) is -4.79. The third-order valence-corrected chi connectivity index (χ3v) is 5.02. The monoisotopic (exact) mass is 466 g/mol. The van der Waals surface area contributed by atoms with Crippen LogP contribution in [0, 0.1) is 0 Å². The number of fused-ring (bicyclic) bond motifs is 1. The molecule has 0 aliphatic rings. The maximum atomic E-state index is 13.5. The van der Waals surface area contributed by atoms with Crippen molar-refractivity contribution in [2.75, 3.05) is 0 Å². The number of hydrogen-bond acceptors (Lipinski definition) is 4. The van der Waals surface area contributed by atoms with Crippen LogP contribution in [-0.4, -0.2) is 21.7 Å². The van der Waals surface area contributed by atoms with Crippen LogP contribution in [0.15, 0.2) is 66.7 Å². The Hall–Kier alpha value is -2.65. The number of halogens is 4. The van der Waals surface area contributed by atoms with E-state index in [1.807, 2.05) is 0 Å². The zero-order valence-electron chi connectivity index (χ0n) is 16.5. The van der Waals surface area contributed by atoms with Crippen LogP contribution >= 0.6 is 11.6 Å². The van der Waals surface area contributed by atoms with Crippen molar-refractivity contribution in [2.24, 2.45) is 0 Å². The first-order chi connectivity index (χ1) is 14.7. The van der Waals surface area contributed by atoms with Gasteiger partial charge in [0.05, 0.1) is 27.6 Å².